The van der Waals surface area contributed by atoms with Gasteiger partial charge in [-0.25, -0.2) is 9.69 Å². The largest absolute Gasteiger partial charge is 0.506 e. The van der Waals surface area contributed by atoms with E-state index in [-0.39, 0.29) is 27.9 Å². The molecule has 8 heteroatoms. The van der Waals surface area contributed by atoms with Crippen molar-refractivity contribution >= 4 is 35.1 Å². The second kappa shape index (κ2) is 7.66. The fourth-order valence-corrected chi connectivity index (χ4v) is 3.54. The molecule has 0 aliphatic carbocycles. The lowest BCUT2D eigenvalue weighted by molar-refractivity contribution is 0.0695. The van der Waals surface area contributed by atoms with Crippen LogP contribution in [0.2, 0.25) is 0 Å². The van der Waals surface area contributed by atoms with Gasteiger partial charge in [-0.3, -0.25) is 14.4 Å². The van der Waals surface area contributed by atoms with Gasteiger partial charge in [0.15, 0.2) is 0 Å². The zero-order valence-electron chi connectivity index (χ0n) is 17.2. The summed E-state index contributed by atoms with van der Waals surface area (Å²) in [4.78, 5) is 50.7. The van der Waals surface area contributed by atoms with Gasteiger partial charge in [-0.05, 0) is 67.4 Å². The number of carbonyl (C=O) groups excluding carboxylic acids is 3. The molecule has 0 atom stereocenters. The molecule has 32 heavy (non-hydrogen) atoms. The third-order valence-corrected chi connectivity index (χ3v) is 5.46. The Morgan fingerprint density at radius 2 is 1.56 bits per heavy atom. The predicted octanol–water partition coefficient (Wildman–Crippen LogP) is 3.76. The molecule has 3 amide bonds. The van der Waals surface area contributed by atoms with Gasteiger partial charge in [0, 0.05) is 5.56 Å². The summed E-state index contributed by atoms with van der Waals surface area (Å²) in [5, 5.41) is 21.4. The Bertz CT molecular complexity index is 1330. The van der Waals surface area contributed by atoms with Crippen LogP contribution >= 0.6 is 0 Å². The average molecular weight is 430 g/mol. The maximum atomic E-state index is 13.0. The van der Waals surface area contributed by atoms with Gasteiger partial charge < -0.3 is 15.5 Å². The number of phenolic OH excluding ortho intramolecular Hbond substituents is 1. The van der Waals surface area contributed by atoms with Gasteiger partial charge in [0.05, 0.1) is 28.1 Å². The van der Waals surface area contributed by atoms with Crippen LogP contribution in [0.15, 0.2) is 54.6 Å². The number of carbonyl (C=O) groups is 4. The summed E-state index contributed by atoms with van der Waals surface area (Å²) in [6, 6.07) is 13.0. The Labute approximate surface area is 182 Å². The SMILES string of the molecule is Cc1cccc(N2C(=O)c3ccc(C(=O)Nc4ccc(C(=O)O)cc4O)cc3C2=O)c1C. The number of rotatable bonds is 4. The molecule has 1 aliphatic rings. The number of amides is 3. The molecule has 3 aromatic rings. The highest BCUT2D eigenvalue weighted by Crippen LogP contribution is 2.32. The molecule has 0 saturated carbocycles. The minimum absolute atomic E-state index is 0.0138. The van der Waals surface area contributed by atoms with E-state index in [1.54, 1.807) is 12.1 Å². The third-order valence-electron chi connectivity index (χ3n) is 5.46. The highest BCUT2D eigenvalue weighted by atomic mass is 16.4. The lowest BCUT2D eigenvalue weighted by Gasteiger charge is -2.17. The predicted molar refractivity (Wildman–Crippen MR) is 117 cm³/mol. The summed E-state index contributed by atoms with van der Waals surface area (Å²) in [7, 11) is 0. The first kappa shape index (κ1) is 20.8. The molecular formula is C24H18N2O6. The summed E-state index contributed by atoms with van der Waals surface area (Å²) >= 11 is 0. The van der Waals surface area contributed by atoms with Crippen molar-refractivity contribution in [2.24, 2.45) is 0 Å². The Balaban J connectivity index is 1.63. The molecule has 8 nitrogen and oxygen atoms in total. The molecule has 0 saturated heterocycles. The van der Waals surface area contributed by atoms with Gasteiger partial charge in [0.25, 0.3) is 17.7 Å². The average Bonchev–Trinajstić information content (AvgIpc) is 3.01. The molecule has 3 aromatic carbocycles. The van der Waals surface area contributed by atoms with Crippen molar-refractivity contribution in [1.29, 1.82) is 0 Å². The number of aryl methyl sites for hydroxylation is 1. The van der Waals surface area contributed by atoms with E-state index in [0.717, 1.165) is 22.1 Å². The van der Waals surface area contributed by atoms with Crippen LogP contribution in [-0.2, 0) is 0 Å². The van der Waals surface area contributed by atoms with Crippen LogP contribution in [0, 0.1) is 13.8 Å². The summed E-state index contributed by atoms with van der Waals surface area (Å²) in [6.45, 7) is 3.72. The number of fused-ring (bicyclic) bond motifs is 1. The number of nitrogens with one attached hydrogen (secondary N) is 1. The molecule has 160 valence electrons. The summed E-state index contributed by atoms with van der Waals surface area (Å²) in [6.07, 6.45) is 0. The minimum Gasteiger partial charge on any atom is -0.506 e. The lowest BCUT2D eigenvalue weighted by atomic mass is 10.1. The number of hydrogen-bond acceptors (Lipinski definition) is 5. The van der Waals surface area contributed by atoms with Crippen molar-refractivity contribution in [2.75, 3.05) is 10.2 Å². The van der Waals surface area contributed by atoms with Crippen LogP contribution in [0.25, 0.3) is 0 Å². The number of aromatic carboxylic acids is 1. The molecule has 0 aromatic heterocycles. The molecule has 4 rings (SSSR count). The summed E-state index contributed by atoms with van der Waals surface area (Å²) in [5.41, 5.74) is 2.52. The van der Waals surface area contributed by atoms with Crippen molar-refractivity contribution < 1.29 is 29.4 Å². The van der Waals surface area contributed by atoms with E-state index in [9.17, 15) is 24.3 Å². The zero-order valence-corrected chi connectivity index (χ0v) is 17.2. The van der Waals surface area contributed by atoms with E-state index in [4.69, 9.17) is 5.11 Å². The molecule has 0 bridgehead atoms. The molecule has 0 unspecified atom stereocenters. The fraction of sp³-hybridized carbons (Fsp3) is 0.0833. The van der Waals surface area contributed by atoms with E-state index in [2.05, 4.69) is 5.32 Å². The van der Waals surface area contributed by atoms with Gasteiger partial charge in [-0.15, -0.1) is 0 Å². The Morgan fingerprint density at radius 1 is 0.875 bits per heavy atom. The summed E-state index contributed by atoms with van der Waals surface area (Å²) < 4.78 is 0. The Hall–Kier alpha value is -4.46. The maximum absolute atomic E-state index is 13.0. The number of imide groups is 1. The van der Waals surface area contributed by atoms with Crippen molar-refractivity contribution in [1.82, 2.24) is 0 Å². The molecule has 3 N–H and O–H groups in total. The third kappa shape index (κ3) is 3.37. The highest BCUT2D eigenvalue weighted by Gasteiger charge is 2.38. The van der Waals surface area contributed by atoms with E-state index in [1.165, 1.54) is 30.3 Å². The van der Waals surface area contributed by atoms with Gasteiger partial charge in [0.1, 0.15) is 5.75 Å². The molecule has 1 aliphatic heterocycles. The van der Waals surface area contributed by atoms with E-state index in [1.807, 2.05) is 19.9 Å². The maximum Gasteiger partial charge on any atom is 0.335 e. The van der Waals surface area contributed by atoms with Crippen molar-refractivity contribution in [2.45, 2.75) is 13.8 Å². The molecule has 0 spiro atoms. The Morgan fingerprint density at radius 3 is 2.25 bits per heavy atom. The van der Waals surface area contributed by atoms with Crippen LogP contribution in [0.4, 0.5) is 11.4 Å². The number of phenols is 1. The molecular weight excluding hydrogens is 412 g/mol. The van der Waals surface area contributed by atoms with Gasteiger partial charge in [-0.2, -0.15) is 0 Å². The van der Waals surface area contributed by atoms with E-state index in [0.29, 0.717) is 5.69 Å². The van der Waals surface area contributed by atoms with Crippen LogP contribution in [0.1, 0.15) is 52.6 Å². The first-order valence-corrected chi connectivity index (χ1v) is 9.65. The van der Waals surface area contributed by atoms with Crippen molar-refractivity contribution in [3.05, 3.63) is 88.0 Å². The number of carboxylic acids is 1. The van der Waals surface area contributed by atoms with Crippen LogP contribution in [-0.4, -0.2) is 33.9 Å². The number of carboxylic acid groups (broad SMARTS) is 1. The normalized spacial score (nSPS) is 12.6. The lowest BCUT2D eigenvalue weighted by Crippen LogP contribution is -2.30. The molecule has 1 heterocycles. The van der Waals surface area contributed by atoms with E-state index >= 15 is 0 Å². The number of aromatic hydroxyl groups is 1. The Kier molecular flexibility index (Phi) is 4.98. The number of hydrogen-bond donors (Lipinski definition) is 3. The van der Waals surface area contributed by atoms with E-state index < -0.39 is 29.4 Å². The van der Waals surface area contributed by atoms with Crippen LogP contribution in [0.5, 0.6) is 5.75 Å². The monoisotopic (exact) mass is 430 g/mol. The van der Waals surface area contributed by atoms with Crippen LogP contribution in [0.3, 0.4) is 0 Å². The van der Waals surface area contributed by atoms with Gasteiger partial charge >= 0.3 is 5.97 Å². The fourth-order valence-electron chi connectivity index (χ4n) is 3.54. The minimum atomic E-state index is -1.21. The van der Waals surface area contributed by atoms with Gasteiger partial charge in [-0.1, -0.05) is 12.1 Å². The number of benzene rings is 3. The van der Waals surface area contributed by atoms with Crippen molar-refractivity contribution in [3.8, 4) is 5.75 Å². The first-order chi connectivity index (χ1) is 15.2. The standard InChI is InChI=1S/C24H18N2O6/c1-12-4-3-5-19(13(12)2)26-22(29)16-8-6-14(10-17(16)23(26)30)21(28)25-18-9-7-15(24(31)32)11-20(18)27/h3-11,27H,1-2H3,(H,25,28)(H,31,32). The highest BCUT2D eigenvalue weighted by molar-refractivity contribution is 6.35. The zero-order chi connectivity index (χ0) is 23.2. The topological polar surface area (TPSA) is 124 Å². The smallest absolute Gasteiger partial charge is 0.335 e. The molecule has 0 fully saturated rings. The quantitative estimate of drug-likeness (QED) is 0.428. The second-order valence-corrected chi connectivity index (χ2v) is 7.42. The molecule has 0 radical (unpaired) electrons. The van der Waals surface area contributed by atoms with Gasteiger partial charge in [0.2, 0.25) is 0 Å². The van der Waals surface area contributed by atoms with Crippen LogP contribution < -0.4 is 10.2 Å². The number of anilines is 2. The number of nitrogens with zero attached hydrogens (tertiary/aromatic N) is 1. The first-order valence-electron chi connectivity index (χ1n) is 9.65. The summed E-state index contributed by atoms with van der Waals surface area (Å²) in [5.74, 6) is -3.24. The van der Waals surface area contributed by atoms with Crippen molar-refractivity contribution in [3.63, 3.8) is 0 Å². The second-order valence-electron chi connectivity index (χ2n) is 7.42.